The van der Waals surface area contributed by atoms with Gasteiger partial charge in [0, 0.05) is 10.8 Å². The molecule has 0 N–H and O–H groups in total. The quantitative estimate of drug-likeness (QED) is 0.754. The summed E-state index contributed by atoms with van der Waals surface area (Å²) in [5, 5.41) is 2.37. The first-order valence-corrected chi connectivity index (χ1v) is 5.89. The van der Waals surface area contributed by atoms with Crippen molar-refractivity contribution in [1.82, 2.24) is 4.98 Å². The topological polar surface area (TPSA) is 22.1 Å². The number of rotatable bonds is 3. The maximum absolute atomic E-state index is 6.17. The highest BCUT2D eigenvalue weighted by atomic mass is 35.5. The Balaban J connectivity index is 2.82. The molecule has 0 radical (unpaired) electrons. The standard InChI is InChI=1S/C14H14ClNO/c1-4-17-13-10-7-5-6-8-11(10)14(15)16-12(13)9(2)3/h5-8H,2,4H2,1,3H3. The van der Waals surface area contributed by atoms with Crippen molar-refractivity contribution in [3.8, 4) is 5.75 Å². The van der Waals surface area contributed by atoms with Gasteiger partial charge in [-0.3, -0.25) is 0 Å². The van der Waals surface area contributed by atoms with E-state index in [0.29, 0.717) is 11.8 Å². The summed E-state index contributed by atoms with van der Waals surface area (Å²) >= 11 is 6.17. The fourth-order valence-electron chi connectivity index (χ4n) is 1.78. The van der Waals surface area contributed by atoms with Crippen molar-refractivity contribution in [3.05, 3.63) is 41.7 Å². The van der Waals surface area contributed by atoms with Crippen LogP contribution in [0.1, 0.15) is 19.5 Å². The molecular formula is C14H14ClNO. The van der Waals surface area contributed by atoms with Crippen LogP contribution in [0.3, 0.4) is 0 Å². The van der Waals surface area contributed by atoms with E-state index in [1.54, 1.807) is 0 Å². The number of nitrogens with zero attached hydrogens (tertiary/aromatic N) is 1. The van der Waals surface area contributed by atoms with Crippen LogP contribution >= 0.6 is 11.6 Å². The van der Waals surface area contributed by atoms with Gasteiger partial charge in [-0.15, -0.1) is 0 Å². The fraction of sp³-hybridized carbons (Fsp3) is 0.214. The van der Waals surface area contributed by atoms with Gasteiger partial charge in [0.25, 0.3) is 0 Å². The summed E-state index contributed by atoms with van der Waals surface area (Å²) < 4.78 is 5.68. The lowest BCUT2D eigenvalue weighted by Crippen LogP contribution is -1.99. The molecule has 2 aromatic rings. The number of hydrogen-bond donors (Lipinski definition) is 0. The van der Waals surface area contributed by atoms with E-state index in [1.165, 1.54) is 0 Å². The van der Waals surface area contributed by atoms with Crippen molar-refractivity contribution in [2.45, 2.75) is 13.8 Å². The molecule has 0 spiro atoms. The molecule has 0 fully saturated rings. The van der Waals surface area contributed by atoms with Crippen molar-refractivity contribution in [3.63, 3.8) is 0 Å². The second-order valence-corrected chi connectivity index (χ2v) is 4.20. The Kier molecular flexibility index (Phi) is 3.34. The molecule has 0 saturated carbocycles. The smallest absolute Gasteiger partial charge is 0.153 e. The summed E-state index contributed by atoms with van der Waals surface area (Å²) in [7, 11) is 0. The monoisotopic (exact) mass is 247 g/mol. The van der Waals surface area contributed by atoms with Gasteiger partial charge in [0.2, 0.25) is 0 Å². The van der Waals surface area contributed by atoms with Crippen molar-refractivity contribution in [1.29, 1.82) is 0 Å². The van der Waals surface area contributed by atoms with Crippen LogP contribution in [0.25, 0.3) is 16.3 Å². The van der Waals surface area contributed by atoms with Gasteiger partial charge in [-0.2, -0.15) is 0 Å². The predicted octanol–water partition coefficient (Wildman–Crippen LogP) is 4.32. The first kappa shape index (κ1) is 11.9. The van der Waals surface area contributed by atoms with Crippen molar-refractivity contribution < 1.29 is 4.74 Å². The number of allylic oxidation sites excluding steroid dienone is 1. The summed E-state index contributed by atoms with van der Waals surface area (Å²) in [6, 6.07) is 7.82. The summed E-state index contributed by atoms with van der Waals surface area (Å²) in [5.41, 5.74) is 1.58. The Hall–Kier alpha value is -1.54. The number of pyridine rings is 1. The lowest BCUT2D eigenvalue weighted by molar-refractivity contribution is 0.342. The van der Waals surface area contributed by atoms with E-state index in [-0.39, 0.29) is 0 Å². The number of aromatic nitrogens is 1. The minimum absolute atomic E-state index is 0.488. The predicted molar refractivity (Wildman–Crippen MR) is 72.6 cm³/mol. The second-order valence-electron chi connectivity index (χ2n) is 3.84. The molecule has 1 aromatic carbocycles. The summed E-state index contributed by atoms with van der Waals surface area (Å²) in [6.45, 7) is 8.35. The number of halogens is 1. The number of benzene rings is 1. The lowest BCUT2D eigenvalue weighted by atomic mass is 10.1. The van der Waals surface area contributed by atoms with E-state index in [4.69, 9.17) is 16.3 Å². The van der Waals surface area contributed by atoms with Crippen LogP contribution in [-0.2, 0) is 0 Å². The zero-order valence-corrected chi connectivity index (χ0v) is 10.7. The Morgan fingerprint density at radius 3 is 2.59 bits per heavy atom. The van der Waals surface area contributed by atoms with Crippen LogP contribution in [0.15, 0.2) is 30.8 Å². The zero-order chi connectivity index (χ0) is 12.4. The summed E-state index contributed by atoms with van der Waals surface area (Å²) in [5.74, 6) is 0.764. The van der Waals surface area contributed by atoms with Crippen LogP contribution in [0.2, 0.25) is 5.15 Å². The van der Waals surface area contributed by atoms with Gasteiger partial charge in [0.1, 0.15) is 10.8 Å². The minimum atomic E-state index is 0.488. The third-order valence-electron chi connectivity index (χ3n) is 2.51. The lowest BCUT2D eigenvalue weighted by Gasteiger charge is -2.13. The van der Waals surface area contributed by atoms with E-state index < -0.39 is 0 Å². The van der Waals surface area contributed by atoms with E-state index in [0.717, 1.165) is 27.8 Å². The maximum atomic E-state index is 6.17. The van der Waals surface area contributed by atoms with E-state index in [1.807, 2.05) is 38.1 Å². The highest BCUT2D eigenvalue weighted by Gasteiger charge is 2.13. The highest BCUT2D eigenvalue weighted by Crippen LogP contribution is 2.35. The van der Waals surface area contributed by atoms with E-state index >= 15 is 0 Å². The van der Waals surface area contributed by atoms with Crippen molar-refractivity contribution >= 4 is 27.9 Å². The largest absolute Gasteiger partial charge is 0.491 e. The Morgan fingerprint density at radius 2 is 2.00 bits per heavy atom. The van der Waals surface area contributed by atoms with Crippen LogP contribution in [0.5, 0.6) is 5.75 Å². The molecule has 0 bridgehead atoms. The van der Waals surface area contributed by atoms with Gasteiger partial charge >= 0.3 is 0 Å². The number of fused-ring (bicyclic) bond motifs is 1. The van der Waals surface area contributed by atoms with Gasteiger partial charge in [0.05, 0.1) is 6.61 Å². The summed E-state index contributed by atoms with van der Waals surface area (Å²) in [4.78, 5) is 4.36. The van der Waals surface area contributed by atoms with Crippen molar-refractivity contribution in [2.24, 2.45) is 0 Å². The first-order valence-electron chi connectivity index (χ1n) is 5.52. The molecule has 0 amide bonds. The van der Waals surface area contributed by atoms with E-state index in [2.05, 4.69) is 11.6 Å². The van der Waals surface area contributed by atoms with Crippen molar-refractivity contribution in [2.75, 3.05) is 6.61 Å². The molecule has 0 aliphatic carbocycles. The highest BCUT2D eigenvalue weighted by molar-refractivity contribution is 6.34. The Morgan fingerprint density at radius 1 is 1.35 bits per heavy atom. The molecule has 2 rings (SSSR count). The van der Waals surface area contributed by atoms with E-state index in [9.17, 15) is 0 Å². The molecule has 3 heteroatoms. The fourth-order valence-corrected chi connectivity index (χ4v) is 2.03. The van der Waals surface area contributed by atoms with Gasteiger partial charge < -0.3 is 4.74 Å². The van der Waals surface area contributed by atoms with Gasteiger partial charge in [-0.25, -0.2) is 4.98 Å². The maximum Gasteiger partial charge on any atom is 0.153 e. The van der Waals surface area contributed by atoms with Gasteiger partial charge in [-0.1, -0.05) is 42.4 Å². The second kappa shape index (κ2) is 4.76. The molecule has 1 heterocycles. The van der Waals surface area contributed by atoms with Crippen LogP contribution in [0.4, 0.5) is 0 Å². The molecule has 0 unspecified atom stereocenters. The SMILES string of the molecule is C=C(C)c1nc(Cl)c2ccccc2c1OCC. The minimum Gasteiger partial charge on any atom is -0.491 e. The van der Waals surface area contributed by atoms with Crippen LogP contribution in [-0.4, -0.2) is 11.6 Å². The zero-order valence-electron chi connectivity index (χ0n) is 9.96. The molecule has 0 atom stereocenters. The molecule has 1 aromatic heterocycles. The molecule has 0 aliphatic rings. The Labute approximate surface area is 106 Å². The third-order valence-corrected chi connectivity index (χ3v) is 2.80. The normalized spacial score (nSPS) is 10.5. The number of ether oxygens (including phenoxy) is 1. The average Bonchev–Trinajstić information content (AvgIpc) is 2.32. The van der Waals surface area contributed by atoms with Gasteiger partial charge in [0.15, 0.2) is 5.75 Å². The van der Waals surface area contributed by atoms with Crippen LogP contribution in [0, 0.1) is 0 Å². The molecule has 0 aliphatic heterocycles. The third kappa shape index (κ3) is 2.13. The average molecular weight is 248 g/mol. The summed E-state index contributed by atoms with van der Waals surface area (Å²) in [6.07, 6.45) is 0. The molecule has 2 nitrogen and oxygen atoms in total. The molecular weight excluding hydrogens is 234 g/mol. The molecule has 0 saturated heterocycles. The Bertz CT molecular complexity index is 578. The first-order chi connectivity index (χ1) is 8.15. The van der Waals surface area contributed by atoms with Gasteiger partial charge in [-0.05, 0) is 19.4 Å². The molecule has 17 heavy (non-hydrogen) atoms. The van der Waals surface area contributed by atoms with Crippen LogP contribution < -0.4 is 4.74 Å². The molecule has 88 valence electrons. The number of hydrogen-bond acceptors (Lipinski definition) is 2.